The van der Waals surface area contributed by atoms with Crippen LogP contribution in [0.3, 0.4) is 0 Å². The van der Waals surface area contributed by atoms with Crippen molar-refractivity contribution in [2.75, 3.05) is 5.43 Å². The van der Waals surface area contributed by atoms with Crippen molar-refractivity contribution in [1.82, 2.24) is 0 Å². The van der Waals surface area contributed by atoms with Gasteiger partial charge < -0.3 is 0 Å². The Morgan fingerprint density at radius 3 is 1.93 bits per heavy atom. The Bertz CT molecular complexity index is 1060. The molecule has 0 atom stereocenters. The van der Waals surface area contributed by atoms with E-state index in [-0.39, 0.29) is 15.4 Å². The number of hydrazone groups is 1. The minimum Gasteiger partial charge on any atom is -0.279 e. The lowest BCUT2D eigenvalue weighted by atomic mass is 10.2. The third-order valence-electron chi connectivity index (χ3n) is 3.88. The molecule has 0 spiro atoms. The monoisotopic (exact) mass is 386 g/mol. The molecule has 1 N–H and O–H groups in total. The summed E-state index contributed by atoms with van der Waals surface area (Å²) in [5.74, 6) is -1.44. The van der Waals surface area contributed by atoms with Crippen LogP contribution in [0, 0.1) is 18.6 Å². The molecule has 0 saturated carbocycles. The topological polar surface area (TPSA) is 58.5 Å². The smallest absolute Gasteiger partial charge is 0.206 e. The first-order valence-corrected chi connectivity index (χ1v) is 9.51. The molecule has 3 rings (SSSR count). The summed E-state index contributed by atoms with van der Waals surface area (Å²) in [4.78, 5) is 0.350. The van der Waals surface area contributed by atoms with Gasteiger partial charge in [0.15, 0.2) is 0 Å². The number of benzene rings is 3. The van der Waals surface area contributed by atoms with Crippen LogP contribution in [0.5, 0.6) is 0 Å². The van der Waals surface area contributed by atoms with Gasteiger partial charge in [-0.25, -0.2) is 17.2 Å². The van der Waals surface area contributed by atoms with E-state index in [1.54, 1.807) is 24.3 Å². The summed E-state index contributed by atoms with van der Waals surface area (Å²) in [6.07, 6.45) is 1.03. The maximum absolute atomic E-state index is 13.5. The summed E-state index contributed by atoms with van der Waals surface area (Å²) in [5, 5.41) is 3.79. The van der Waals surface area contributed by atoms with Crippen molar-refractivity contribution in [1.29, 1.82) is 0 Å². The molecule has 0 radical (unpaired) electrons. The van der Waals surface area contributed by atoms with Gasteiger partial charge in [-0.2, -0.15) is 5.10 Å². The van der Waals surface area contributed by atoms with Crippen LogP contribution in [-0.2, 0) is 9.84 Å². The second-order valence-electron chi connectivity index (χ2n) is 5.85. The average molecular weight is 386 g/mol. The molecule has 0 aliphatic rings. The molecule has 7 heteroatoms. The molecule has 3 aromatic carbocycles. The molecule has 138 valence electrons. The Kier molecular flexibility index (Phi) is 5.32. The molecule has 3 aromatic rings. The van der Waals surface area contributed by atoms with Crippen molar-refractivity contribution in [3.63, 3.8) is 0 Å². The van der Waals surface area contributed by atoms with Gasteiger partial charge in [-0.05, 0) is 55.5 Å². The minimum absolute atomic E-state index is 0.140. The molecule has 0 aliphatic carbocycles. The van der Waals surface area contributed by atoms with Crippen LogP contribution < -0.4 is 5.43 Å². The van der Waals surface area contributed by atoms with Crippen LogP contribution in [0.2, 0.25) is 0 Å². The van der Waals surface area contributed by atoms with E-state index < -0.39 is 21.5 Å². The molecule has 0 aliphatic heterocycles. The molecule has 0 saturated heterocycles. The van der Waals surface area contributed by atoms with E-state index >= 15 is 0 Å². The normalized spacial score (nSPS) is 11.7. The number of anilines is 1. The van der Waals surface area contributed by atoms with Gasteiger partial charge >= 0.3 is 0 Å². The van der Waals surface area contributed by atoms with Gasteiger partial charge in [0.05, 0.1) is 27.3 Å². The molecule has 27 heavy (non-hydrogen) atoms. The summed E-state index contributed by atoms with van der Waals surface area (Å²) in [5.41, 5.74) is 3.80. The van der Waals surface area contributed by atoms with Crippen molar-refractivity contribution in [3.05, 3.63) is 89.5 Å². The fraction of sp³-hybridized carbons (Fsp3) is 0.0500. The van der Waals surface area contributed by atoms with Crippen molar-refractivity contribution in [2.45, 2.75) is 16.7 Å². The molecule has 0 unspecified atom stereocenters. The number of rotatable bonds is 5. The van der Waals surface area contributed by atoms with E-state index in [0.717, 1.165) is 23.9 Å². The van der Waals surface area contributed by atoms with Crippen LogP contribution in [0.25, 0.3) is 0 Å². The van der Waals surface area contributed by atoms with Gasteiger partial charge in [0.2, 0.25) is 9.84 Å². The molecule has 4 nitrogen and oxygen atoms in total. The molecular formula is C20H16F2N2O2S. The third kappa shape index (κ3) is 4.20. The molecule has 0 heterocycles. The summed E-state index contributed by atoms with van der Waals surface area (Å²) >= 11 is 0. The quantitative estimate of drug-likeness (QED) is 0.517. The SMILES string of the molecule is Cc1ccc(S(=O)(=O)c2ccc(N/N=C\c3c(F)cccc3F)cc2)cc1. The van der Waals surface area contributed by atoms with Gasteiger partial charge in [-0.15, -0.1) is 0 Å². The standard InChI is InChI=1S/C20H16F2N2O2S/c1-14-5-9-16(10-6-14)27(25,26)17-11-7-15(8-12-17)24-23-13-18-19(21)3-2-4-20(18)22/h2-13,24H,1H3/b23-13-. The first-order chi connectivity index (χ1) is 12.9. The van der Waals surface area contributed by atoms with Crippen LogP contribution in [0.1, 0.15) is 11.1 Å². The predicted octanol–water partition coefficient (Wildman–Crippen LogP) is 4.55. The van der Waals surface area contributed by atoms with Gasteiger partial charge in [-0.3, -0.25) is 5.43 Å². The van der Waals surface area contributed by atoms with E-state index in [0.29, 0.717) is 5.69 Å². The van der Waals surface area contributed by atoms with Crippen LogP contribution in [0.4, 0.5) is 14.5 Å². The summed E-state index contributed by atoms with van der Waals surface area (Å²) < 4.78 is 52.2. The summed E-state index contributed by atoms with van der Waals surface area (Å²) in [7, 11) is -3.61. The van der Waals surface area contributed by atoms with Crippen molar-refractivity contribution in [3.8, 4) is 0 Å². The summed E-state index contributed by atoms with van der Waals surface area (Å²) in [6, 6.07) is 16.1. The number of hydrogen-bond acceptors (Lipinski definition) is 4. The zero-order valence-corrected chi connectivity index (χ0v) is 15.2. The minimum atomic E-state index is -3.61. The average Bonchev–Trinajstić information content (AvgIpc) is 2.65. The fourth-order valence-corrected chi connectivity index (χ4v) is 3.63. The lowest BCUT2D eigenvalue weighted by Gasteiger charge is -2.06. The molecular weight excluding hydrogens is 370 g/mol. The first kappa shape index (κ1) is 18.7. The van der Waals surface area contributed by atoms with Gasteiger partial charge in [-0.1, -0.05) is 23.8 Å². The maximum Gasteiger partial charge on any atom is 0.206 e. The van der Waals surface area contributed by atoms with Crippen LogP contribution >= 0.6 is 0 Å². The van der Waals surface area contributed by atoms with Crippen molar-refractivity contribution < 1.29 is 17.2 Å². The highest BCUT2D eigenvalue weighted by Crippen LogP contribution is 2.22. The number of halogens is 2. The Balaban J connectivity index is 1.76. The van der Waals surface area contributed by atoms with E-state index in [2.05, 4.69) is 10.5 Å². The highest BCUT2D eigenvalue weighted by atomic mass is 32.2. The third-order valence-corrected chi connectivity index (χ3v) is 5.67. The van der Waals surface area contributed by atoms with E-state index in [9.17, 15) is 17.2 Å². The van der Waals surface area contributed by atoms with E-state index in [1.165, 1.54) is 30.3 Å². The van der Waals surface area contributed by atoms with E-state index in [4.69, 9.17) is 0 Å². The van der Waals surface area contributed by atoms with E-state index in [1.807, 2.05) is 6.92 Å². The van der Waals surface area contributed by atoms with Crippen LogP contribution in [-0.4, -0.2) is 14.6 Å². The highest BCUT2D eigenvalue weighted by molar-refractivity contribution is 7.91. The molecule has 0 amide bonds. The van der Waals surface area contributed by atoms with Crippen LogP contribution in [0.15, 0.2) is 81.6 Å². The number of nitrogens with one attached hydrogen (secondary N) is 1. The van der Waals surface area contributed by atoms with Gasteiger partial charge in [0.1, 0.15) is 11.6 Å². The second-order valence-corrected chi connectivity index (χ2v) is 7.80. The van der Waals surface area contributed by atoms with Gasteiger partial charge in [0.25, 0.3) is 0 Å². The number of nitrogens with zero attached hydrogens (tertiary/aromatic N) is 1. The lowest BCUT2D eigenvalue weighted by Crippen LogP contribution is -2.02. The Hall–Kier alpha value is -3.06. The second kappa shape index (κ2) is 7.67. The lowest BCUT2D eigenvalue weighted by molar-refractivity contribution is 0.580. The zero-order valence-electron chi connectivity index (χ0n) is 14.4. The van der Waals surface area contributed by atoms with Gasteiger partial charge in [0, 0.05) is 0 Å². The van der Waals surface area contributed by atoms with Crippen molar-refractivity contribution in [2.24, 2.45) is 5.10 Å². The Labute approximate surface area is 156 Å². The Morgan fingerprint density at radius 1 is 0.852 bits per heavy atom. The van der Waals surface area contributed by atoms with Crippen molar-refractivity contribution >= 4 is 21.7 Å². The largest absolute Gasteiger partial charge is 0.279 e. The Morgan fingerprint density at radius 2 is 1.37 bits per heavy atom. The molecule has 0 bridgehead atoms. The maximum atomic E-state index is 13.5. The predicted molar refractivity (Wildman–Crippen MR) is 101 cm³/mol. The number of hydrogen-bond donors (Lipinski definition) is 1. The fourth-order valence-electron chi connectivity index (χ4n) is 2.37. The zero-order chi connectivity index (χ0) is 19.4. The highest BCUT2D eigenvalue weighted by Gasteiger charge is 2.17. The summed E-state index contributed by atoms with van der Waals surface area (Å²) in [6.45, 7) is 1.88. The number of aryl methyl sites for hydroxylation is 1. The number of sulfone groups is 1. The molecule has 0 fully saturated rings. The first-order valence-electron chi connectivity index (χ1n) is 8.03. The molecule has 0 aromatic heterocycles.